The summed E-state index contributed by atoms with van der Waals surface area (Å²) in [6.45, 7) is 5.48. The van der Waals surface area contributed by atoms with Crippen molar-refractivity contribution in [2.45, 2.75) is 38.5 Å². The van der Waals surface area contributed by atoms with Gasteiger partial charge in [0, 0.05) is 28.5 Å². The Morgan fingerprint density at radius 2 is 1.75 bits per heavy atom. The first-order valence-corrected chi connectivity index (χ1v) is 13.8. The van der Waals surface area contributed by atoms with Crippen LogP contribution in [0.15, 0.2) is 54.7 Å². The molecule has 1 aromatic heterocycles. The molecule has 0 unspecified atom stereocenters. The van der Waals surface area contributed by atoms with Gasteiger partial charge in [0.1, 0.15) is 13.0 Å². The number of aromatic nitrogens is 1. The molecule has 1 heterocycles. The van der Waals surface area contributed by atoms with Crippen LogP contribution in [0.25, 0.3) is 10.9 Å². The van der Waals surface area contributed by atoms with Crippen molar-refractivity contribution in [3.05, 3.63) is 66.1 Å². The molecule has 0 bridgehead atoms. The van der Waals surface area contributed by atoms with E-state index in [1.54, 1.807) is 31.7 Å². The maximum Gasteiger partial charge on any atom is 0.227 e. The van der Waals surface area contributed by atoms with Crippen LogP contribution in [-0.4, -0.2) is 24.2 Å². The minimum atomic E-state index is -2.30. The third kappa shape index (κ3) is 4.94. The van der Waals surface area contributed by atoms with Gasteiger partial charge in [-0.1, -0.05) is 6.92 Å². The van der Waals surface area contributed by atoms with Gasteiger partial charge in [-0.3, -0.25) is 9.78 Å². The first kappa shape index (κ1) is 22.7. The molecule has 3 aromatic rings. The van der Waals surface area contributed by atoms with Crippen LogP contribution >= 0.6 is 7.14 Å². The van der Waals surface area contributed by atoms with E-state index in [4.69, 9.17) is 0 Å². The van der Waals surface area contributed by atoms with Gasteiger partial charge in [-0.05, 0) is 105 Å². The van der Waals surface area contributed by atoms with Gasteiger partial charge in [0.15, 0.2) is 0 Å². The summed E-state index contributed by atoms with van der Waals surface area (Å²) in [7, 11) is -2.30. The summed E-state index contributed by atoms with van der Waals surface area (Å²) < 4.78 is 26.0. The molecule has 1 N–H and O–H groups in total. The number of amides is 1. The topological polar surface area (TPSA) is 59.1 Å². The molecular weight excluding hydrogens is 422 g/mol. The number of nitrogens with zero attached hydrogens (tertiary/aromatic N) is 1. The lowest BCUT2D eigenvalue weighted by atomic mass is 9.73. The Hall–Kier alpha value is -2.52. The Bertz CT molecular complexity index is 1160. The van der Waals surface area contributed by atoms with E-state index in [1.165, 1.54) is 6.07 Å². The van der Waals surface area contributed by atoms with Crippen LogP contribution in [0.4, 0.5) is 10.1 Å². The highest BCUT2D eigenvalue weighted by atomic mass is 31.2. The number of carbonyl (C=O) groups excluding carboxylic acids is 1. The minimum Gasteiger partial charge on any atom is -0.326 e. The second-order valence-electron chi connectivity index (χ2n) is 9.35. The van der Waals surface area contributed by atoms with E-state index in [1.807, 2.05) is 37.3 Å². The normalized spacial score (nSPS) is 20.1. The molecule has 0 spiro atoms. The average molecular weight is 453 g/mol. The van der Waals surface area contributed by atoms with Gasteiger partial charge >= 0.3 is 0 Å². The van der Waals surface area contributed by atoms with Crippen LogP contribution < -0.4 is 10.6 Å². The molecule has 1 fully saturated rings. The molecule has 1 aliphatic rings. The zero-order chi connectivity index (χ0) is 22.9. The predicted molar refractivity (Wildman–Crippen MR) is 130 cm³/mol. The van der Waals surface area contributed by atoms with E-state index in [2.05, 4.69) is 10.3 Å². The van der Waals surface area contributed by atoms with Gasteiger partial charge in [0.05, 0.1) is 5.52 Å². The third-order valence-electron chi connectivity index (χ3n) is 6.83. The Labute approximate surface area is 189 Å². The molecule has 0 radical (unpaired) electrons. The maximum atomic E-state index is 13.8. The maximum absolute atomic E-state index is 13.8. The monoisotopic (exact) mass is 452 g/mol. The lowest BCUT2D eigenvalue weighted by molar-refractivity contribution is -0.121. The van der Waals surface area contributed by atoms with Gasteiger partial charge in [-0.25, -0.2) is 4.39 Å². The largest absolute Gasteiger partial charge is 0.326 e. The fourth-order valence-corrected chi connectivity index (χ4v) is 5.67. The molecule has 4 rings (SSSR count). The molecule has 1 atom stereocenters. The lowest BCUT2D eigenvalue weighted by Gasteiger charge is -2.32. The van der Waals surface area contributed by atoms with E-state index in [9.17, 15) is 13.8 Å². The molecule has 168 valence electrons. The smallest absolute Gasteiger partial charge is 0.227 e. The van der Waals surface area contributed by atoms with Crippen LogP contribution in [0.1, 0.15) is 44.1 Å². The van der Waals surface area contributed by atoms with Crippen LogP contribution in [-0.2, 0) is 9.36 Å². The van der Waals surface area contributed by atoms with Gasteiger partial charge in [-0.15, -0.1) is 0 Å². The third-order valence-corrected chi connectivity index (χ3v) is 8.37. The fraction of sp³-hybridized carbons (Fsp3) is 0.385. The molecule has 1 amide bonds. The summed E-state index contributed by atoms with van der Waals surface area (Å²) in [5.74, 6) is 0.376. The molecule has 2 aromatic carbocycles. The predicted octanol–water partition coefficient (Wildman–Crippen LogP) is 6.17. The number of benzene rings is 2. The summed E-state index contributed by atoms with van der Waals surface area (Å²) in [6.07, 6.45) is 5.70. The standard InChI is InChI=1S/C26H30FN2O2P/c1-17(26(30)29-21-9-11-22(12-10-21)32(2,3)31)18-4-6-19(7-5-18)23-14-15-28-25-13-8-20(27)16-24(23)25/h8-19H,4-7H2,1-3H3,(H,29,30)/t17-,18?,19?/m1/s1. The van der Waals surface area contributed by atoms with Gasteiger partial charge < -0.3 is 9.88 Å². The summed E-state index contributed by atoms with van der Waals surface area (Å²) in [4.78, 5) is 17.2. The Kier molecular flexibility index (Phi) is 6.48. The average Bonchev–Trinajstić information content (AvgIpc) is 2.78. The van der Waals surface area contributed by atoms with Crippen molar-refractivity contribution in [1.29, 1.82) is 0 Å². The van der Waals surface area contributed by atoms with Crippen LogP contribution in [0, 0.1) is 17.7 Å². The second-order valence-corrected chi connectivity index (χ2v) is 12.6. The summed E-state index contributed by atoms with van der Waals surface area (Å²) in [5.41, 5.74) is 2.72. The van der Waals surface area contributed by atoms with E-state index < -0.39 is 7.14 Å². The molecular formula is C26H30FN2O2P. The molecule has 0 aliphatic heterocycles. The Balaban J connectivity index is 1.38. The van der Waals surface area contributed by atoms with Crippen LogP contribution in [0.3, 0.4) is 0 Å². The van der Waals surface area contributed by atoms with E-state index in [-0.39, 0.29) is 17.6 Å². The number of fused-ring (bicyclic) bond motifs is 1. The summed E-state index contributed by atoms with van der Waals surface area (Å²) in [6, 6.07) is 14.1. The van der Waals surface area contributed by atoms with E-state index in [0.29, 0.717) is 11.8 Å². The highest BCUT2D eigenvalue weighted by Gasteiger charge is 2.30. The molecule has 4 nitrogen and oxygen atoms in total. The number of anilines is 1. The van der Waals surface area contributed by atoms with Crippen LogP contribution in [0.5, 0.6) is 0 Å². The van der Waals surface area contributed by atoms with Crippen LogP contribution in [0.2, 0.25) is 0 Å². The van der Waals surface area contributed by atoms with E-state index >= 15 is 0 Å². The highest BCUT2D eigenvalue weighted by molar-refractivity contribution is 7.70. The number of hydrogen-bond acceptors (Lipinski definition) is 3. The number of carbonyl (C=O) groups is 1. The number of pyridine rings is 1. The highest BCUT2D eigenvalue weighted by Crippen LogP contribution is 2.41. The lowest BCUT2D eigenvalue weighted by Crippen LogP contribution is -2.29. The molecule has 0 saturated heterocycles. The molecule has 6 heteroatoms. The quantitative estimate of drug-likeness (QED) is 0.471. The number of nitrogens with one attached hydrogen (secondary N) is 1. The summed E-state index contributed by atoms with van der Waals surface area (Å²) in [5, 5.41) is 4.72. The second kappa shape index (κ2) is 9.15. The van der Waals surface area contributed by atoms with Gasteiger partial charge in [0.2, 0.25) is 5.91 Å². The first-order chi connectivity index (χ1) is 15.2. The molecule has 1 aliphatic carbocycles. The van der Waals surface area contributed by atoms with Crippen molar-refractivity contribution in [2.75, 3.05) is 18.6 Å². The number of halogens is 1. The van der Waals surface area contributed by atoms with Crippen molar-refractivity contribution in [3.8, 4) is 0 Å². The van der Waals surface area contributed by atoms with Gasteiger partial charge in [-0.2, -0.15) is 0 Å². The van der Waals surface area contributed by atoms with E-state index in [0.717, 1.165) is 53.1 Å². The zero-order valence-corrected chi connectivity index (χ0v) is 19.7. The molecule has 1 saturated carbocycles. The van der Waals surface area contributed by atoms with Gasteiger partial charge in [0.25, 0.3) is 0 Å². The Morgan fingerprint density at radius 3 is 2.41 bits per heavy atom. The number of rotatable bonds is 5. The zero-order valence-electron chi connectivity index (χ0n) is 18.8. The van der Waals surface area contributed by atoms with Crippen molar-refractivity contribution in [3.63, 3.8) is 0 Å². The SMILES string of the molecule is C[C@@H](C(=O)Nc1ccc(P(C)(C)=O)cc1)C1CCC(c2ccnc3ccc(F)cc23)CC1. The van der Waals surface area contributed by atoms with Crippen molar-refractivity contribution in [1.82, 2.24) is 4.98 Å². The van der Waals surface area contributed by atoms with Crippen molar-refractivity contribution in [2.24, 2.45) is 11.8 Å². The molecule has 32 heavy (non-hydrogen) atoms. The number of hydrogen-bond donors (Lipinski definition) is 1. The Morgan fingerprint density at radius 1 is 1.06 bits per heavy atom. The minimum absolute atomic E-state index is 0.0220. The first-order valence-electron chi connectivity index (χ1n) is 11.2. The van der Waals surface area contributed by atoms with Crippen molar-refractivity contribution < 1.29 is 13.8 Å². The summed E-state index contributed by atoms with van der Waals surface area (Å²) >= 11 is 0. The van der Waals surface area contributed by atoms with Crippen molar-refractivity contribution >= 4 is 34.9 Å². The fourth-order valence-electron chi connectivity index (χ4n) is 4.80.